The number of alkyl halides is 3. The molecule has 0 spiro atoms. The number of anilines is 2. The fourth-order valence-corrected chi connectivity index (χ4v) is 5.56. The molecular weight excluding hydrogens is 681 g/mol. The van der Waals surface area contributed by atoms with Gasteiger partial charge in [-0.1, -0.05) is 36.4 Å². The molecule has 0 saturated heterocycles. The van der Waals surface area contributed by atoms with Gasteiger partial charge in [0.25, 0.3) is 10.0 Å². The second-order valence-corrected chi connectivity index (χ2v) is 12.1. The molecule has 258 valence electrons. The fraction of sp³-hybridized carbons (Fsp3) is 0.0588. The number of sulfonamides is 1. The van der Waals surface area contributed by atoms with E-state index in [-0.39, 0.29) is 27.9 Å². The van der Waals surface area contributed by atoms with E-state index in [0.717, 1.165) is 10.8 Å². The molecule has 1 amide bonds. The number of aliphatic carboxylic acids is 1. The van der Waals surface area contributed by atoms with Crippen molar-refractivity contribution >= 4 is 55.9 Å². The molecule has 16 heteroatoms. The minimum atomic E-state index is -5.08. The maximum atomic E-state index is 13.2. The second-order valence-electron chi connectivity index (χ2n) is 10.4. The van der Waals surface area contributed by atoms with Crippen LogP contribution in [0.1, 0.15) is 22.8 Å². The van der Waals surface area contributed by atoms with Gasteiger partial charge in [0.05, 0.1) is 10.5 Å². The third-order valence-corrected chi connectivity index (χ3v) is 8.15. The normalized spacial score (nSPS) is 11.1. The van der Waals surface area contributed by atoms with Crippen LogP contribution >= 0.6 is 0 Å². The molecule has 0 fully saturated rings. The number of aromatic carboxylic acids is 1. The largest absolute Gasteiger partial charge is 0.490 e. The average molecular weight is 709 g/mol. The van der Waals surface area contributed by atoms with Crippen molar-refractivity contribution in [3.8, 4) is 22.6 Å². The minimum Gasteiger partial charge on any atom is -0.478 e. The first-order valence-electron chi connectivity index (χ1n) is 14.2. The zero-order chi connectivity index (χ0) is 36.8. The van der Waals surface area contributed by atoms with Gasteiger partial charge >= 0.3 is 18.1 Å². The Kier molecular flexibility index (Phi) is 10.8. The van der Waals surface area contributed by atoms with Crippen molar-refractivity contribution < 1.29 is 50.9 Å². The Hall–Kier alpha value is -6.42. The number of carboxylic acids is 2. The molecule has 7 N–H and O–H groups in total. The zero-order valence-electron chi connectivity index (χ0n) is 25.8. The van der Waals surface area contributed by atoms with Crippen LogP contribution in [-0.4, -0.2) is 48.5 Å². The molecule has 50 heavy (non-hydrogen) atoms. The quantitative estimate of drug-likeness (QED) is 0.0712. The van der Waals surface area contributed by atoms with E-state index in [1.807, 2.05) is 12.1 Å². The highest BCUT2D eigenvalue weighted by Crippen LogP contribution is 2.38. The van der Waals surface area contributed by atoms with E-state index in [0.29, 0.717) is 33.9 Å². The summed E-state index contributed by atoms with van der Waals surface area (Å²) in [6.45, 7) is 1.35. The molecule has 0 radical (unpaired) electrons. The standard InChI is InChI=1S/C32H26N4O6S.C2HF3O2/c1-19(37)35-23-9-13-26(14-10-23)43(40,41)36-24-11-15-30(29(18-24)27-4-2-3-5-28(27)32(38)39)42-25-12-8-20-16-22(31(33)34)7-6-21(20)17-25;3-2(4,5)1(6)7/h2-18,36H,1H3,(H3,33,34)(H,35,37)(H,38,39);(H,6,7). The van der Waals surface area contributed by atoms with Crippen molar-refractivity contribution in [2.24, 2.45) is 5.73 Å². The van der Waals surface area contributed by atoms with Crippen molar-refractivity contribution in [3.05, 3.63) is 114 Å². The number of hydrogen-bond acceptors (Lipinski definition) is 7. The summed E-state index contributed by atoms with van der Waals surface area (Å²) in [6, 6.07) is 27.3. The maximum absolute atomic E-state index is 13.2. The molecule has 0 aliphatic rings. The van der Waals surface area contributed by atoms with Gasteiger partial charge in [-0.25, -0.2) is 18.0 Å². The summed E-state index contributed by atoms with van der Waals surface area (Å²) in [5.41, 5.74) is 7.53. The second kappa shape index (κ2) is 14.8. The average Bonchev–Trinajstić information content (AvgIpc) is 3.05. The number of fused-ring (bicyclic) bond motifs is 1. The number of carbonyl (C=O) groups excluding carboxylic acids is 1. The molecule has 0 aliphatic heterocycles. The number of ether oxygens (including phenoxy) is 1. The Labute approximate surface area is 282 Å². The zero-order valence-corrected chi connectivity index (χ0v) is 26.6. The Morgan fingerprint density at radius 1 is 0.800 bits per heavy atom. The lowest BCUT2D eigenvalue weighted by atomic mass is 9.98. The third kappa shape index (κ3) is 9.13. The topological polar surface area (TPSA) is 209 Å². The van der Waals surface area contributed by atoms with Crippen LogP contribution in [0.5, 0.6) is 11.5 Å². The highest BCUT2D eigenvalue weighted by atomic mass is 32.2. The molecule has 0 heterocycles. The first-order chi connectivity index (χ1) is 23.4. The number of amidine groups is 1. The molecule has 0 saturated carbocycles. The maximum Gasteiger partial charge on any atom is 0.490 e. The number of rotatable bonds is 9. The first kappa shape index (κ1) is 36.4. The molecule has 12 nitrogen and oxygen atoms in total. The number of halogens is 3. The van der Waals surface area contributed by atoms with Crippen LogP contribution in [0.25, 0.3) is 21.9 Å². The monoisotopic (exact) mass is 708 g/mol. The minimum absolute atomic E-state index is 0.0104. The molecule has 0 aliphatic carbocycles. The van der Waals surface area contributed by atoms with Crippen molar-refractivity contribution in [2.75, 3.05) is 10.0 Å². The van der Waals surface area contributed by atoms with Crippen molar-refractivity contribution in [2.45, 2.75) is 18.0 Å². The Morgan fingerprint density at radius 2 is 1.40 bits per heavy atom. The van der Waals surface area contributed by atoms with Gasteiger partial charge in [0.2, 0.25) is 5.91 Å². The molecule has 5 aromatic carbocycles. The number of benzene rings is 5. The smallest absolute Gasteiger partial charge is 0.478 e. The van der Waals surface area contributed by atoms with Gasteiger partial charge in [-0.05, 0) is 83.1 Å². The number of nitrogen functional groups attached to an aromatic ring is 1. The summed E-state index contributed by atoms with van der Waals surface area (Å²) in [5, 5.41) is 28.9. The highest BCUT2D eigenvalue weighted by molar-refractivity contribution is 7.92. The summed E-state index contributed by atoms with van der Waals surface area (Å²) in [4.78, 5) is 32.2. The van der Waals surface area contributed by atoms with Crippen LogP contribution in [0, 0.1) is 5.41 Å². The summed E-state index contributed by atoms with van der Waals surface area (Å²) in [7, 11) is -4.03. The Bertz CT molecular complexity index is 2220. The van der Waals surface area contributed by atoms with Crippen molar-refractivity contribution in [1.29, 1.82) is 5.41 Å². The molecule has 0 unspecified atom stereocenters. The van der Waals surface area contributed by atoms with Gasteiger partial charge in [-0.2, -0.15) is 13.2 Å². The summed E-state index contributed by atoms with van der Waals surface area (Å²) in [5.74, 6) is -3.47. The van der Waals surface area contributed by atoms with Crippen molar-refractivity contribution in [1.82, 2.24) is 0 Å². The molecule has 0 atom stereocenters. The van der Waals surface area contributed by atoms with E-state index in [1.165, 1.54) is 49.4 Å². The first-order valence-corrected chi connectivity index (χ1v) is 15.7. The SMILES string of the molecule is CC(=O)Nc1ccc(S(=O)(=O)Nc2ccc(Oc3ccc4cc(C(=N)N)ccc4c3)c(-c3ccccc3C(=O)O)c2)cc1.O=C(O)C(F)(F)F. The van der Waals surface area contributed by atoms with E-state index in [4.69, 9.17) is 25.8 Å². The van der Waals surface area contributed by atoms with Gasteiger partial charge in [0.1, 0.15) is 17.3 Å². The van der Waals surface area contributed by atoms with E-state index < -0.39 is 28.1 Å². The van der Waals surface area contributed by atoms with E-state index in [1.54, 1.807) is 48.5 Å². The number of amides is 1. The molecule has 5 aromatic rings. The number of carboxylic acid groups (broad SMARTS) is 2. The number of nitrogens with two attached hydrogens (primary N) is 1. The summed E-state index contributed by atoms with van der Waals surface area (Å²) >= 11 is 0. The predicted molar refractivity (Wildman–Crippen MR) is 179 cm³/mol. The van der Waals surface area contributed by atoms with E-state index in [2.05, 4.69) is 10.0 Å². The van der Waals surface area contributed by atoms with E-state index in [9.17, 15) is 36.3 Å². The van der Waals surface area contributed by atoms with Crippen molar-refractivity contribution in [3.63, 3.8) is 0 Å². The molecule has 0 bridgehead atoms. The van der Waals surface area contributed by atoms with Crippen LogP contribution in [0.3, 0.4) is 0 Å². The van der Waals surface area contributed by atoms with Gasteiger partial charge in [0, 0.05) is 29.4 Å². The van der Waals surface area contributed by atoms with Crippen LogP contribution in [-0.2, 0) is 19.6 Å². The lowest BCUT2D eigenvalue weighted by Crippen LogP contribution is -2.21. The van der Waals surface area contributed by atoms with Crippen LogP contribution in [0.4, 0.5) is 24.5 Å². The van der Waals surface area contributed by atoms with E-state index >= 15 is 0 Å². The van der Waals surface area contributed by atoms with Crippen LogP contribution in [0.15, 0.2) is 108 Å². The van der Waals surface area contributed by atoms with Gasteiger partial charge < -0.3 is 26.0 Å². The molecular formula is C34H27F3N4O8S. The van der Waals surface area contributed by atoms with Gasteiger partial charge in [-0.15, -0.1) is 0 Å². The fourth-order valence-electron chi connectivity index (χ4n) is 4.51. The van der Waals surface area contributed by atoms with Crippen LogP contribution < -0.4 is 20.5 Å². The predicted octanol–water partition coefficient (Wildman–Crippen LogP) is 6.67. The molecule has 5 rings (SSSR count). The van der Waals surface area contributed by atoms with Gasteiger partial charge in [-0.3, -0.25) is 14.9 Å². The third-order valence-electron chi connectivity index (χ3n) is 6.76. The lowest BCUT2D eigenvalue weighted by molar-refractivity contribution is -0.192. The summed E-state index contributed by atoms with van der Waals surface area (Å²) < 4.78 is 66.9. The van der Waals surface area contributed by atoms with Gasteiger partial charge in [0.15, 0.2) is 0 Å². The Balaban J connectivity index is 0.000000727. The lowest BCUT2D eigenvalue weighted by Gasteiger charge is -2.16. The number of nitrogens with one attached hydrogen (secondary N) is 3. The molecule has 0 aromatic heterocycles. The highest BCUT2D eigenvalue weighted by Gasteiger charge is 2.38. The number of carbonyl (C=O) groups is 3. The number of hydrogen-bond donors (Lipinski definition) is 6. The van der Waals surface area contributed by atoms with Crippen LogP contribution in [0.2, 0.25) is 0 Å². The summed E-state index contributed by atoms with van der Waals surface area (Å²) in [6.07, 6.45) is -5.08. The Morgan fingerprint density at radius 3 is 2.00 bits per heavy atom.